The summed E-state index contributed by atoms with van der Waals surface area (Å²) >= 11 is 1.66. The molecule has 3 heterocycles. The van der Waals surface area contributed by atoms with Crippen LogP contribution in [0.5, 0.6) is 0 Å². The zero-order chi connectivity index (χ0) is 21.5. The zero-order valence-electron chi connectivity index (χ0n) is 17.5. The quantitative estimate of drug-likeness (QED) is 0.471. The molecule has 1 aromatic carbocycles. The van der Waals surface area contributed by atoms with Gasteiger partial charge in [0.15, 0.2) is 0 Å². The molecular formula is C22H25N5O2S. The molecule has 1 amide bonds. The molecule has 156 valence electrons. The maximum absolute atomic E-state index is 12.5. The van der Waals surface area contributed by atoms with Crippen molar-refractivity contribution in [2.24, 2.45) is 0 Å². The largest absolute Gasteiger partial charge is 0.444 e. The van der Waals surface area contributed by atoms with Crippen LogP contribution in [0.25, 0.3) is 33.1 Å². The molecule has 0 radical (unpaired) electrons. The predicted octanol–water partition coefficient (Wildman–Crippen LogP) is 5.18. The van der Waals surface area contributed by atoms with Crippen molar-refractivity contribution in [1.29, 1.82) is 0 Å². The Bertz CT molecular complexity index is 1210. The number of nitrogen functional groups attached to an aromatic ring is 1. The minimum Gasteiger partial charge on any atom is -0.444 e. The second-order valence-corrected chi connectivity index (χ2v) is 8.92. The molecule has 0 saturated carbocycles. The fraction of sp³-hybridized carbons (Fsp3) is 0.318. The molecule has 0 spiro atoms. The fourth-order valence-corrected chi connectivity index (χ4v) is 3.97. The third kappa shape index (κ3) is 3.95. The van der Waals surface area contributed by atoms with E-state index in [-0.39, 0.29) is 6.09 Å². The molecule has 0 atom stereocenters. The van der Waals surface area contributed by atoms with Crippen LogP contribution in [0.15, 0.2) is 35.0 Å². The van der Waals surface area contributed by atoms with Crippen LogP contribution in [0.4, 0.5) is 10.6 Å². The zero-order valence-corrected chi connectivity index (χ0v) is 18.3. The number of anilines is 1. The molecule has 4 rings (SSSR count). The van der Waals surface area contributed by atoms with Crippen molar-refractivity contribution in [2.75, 3.05) is 12.3 Å². The van der Waals surface area contributed by atoms with E-state index in [0.29, 0.717) is 30.2 Å². The molecule has 30 heavy (non-hydrogen) atoms. The summed E-state index contributed by atoms with van der Waals surface area (Å²) in [6.07, 6.45) is -0.373. The number of H-pyrrole nitrogens is 1. The van der Waals surface area contributed by atoms with Gasteiger partial charge >= 0.3 is 6.09 Å². The Morgan fingerprint density at radius 2 is 2.03 bits per heavy atom. The van der Waals surface area contributed by atoms with Gasteiger partial charge in [0.1, 0.15) is 28.3 Å². The number of nitrogens with zero attached hydrogens (tertiary/aromatic N) is 3. The van der Waals surface area contributed by atoms with Gasteiger partial charge in [-0.15, -0.1) is 0 Å². The first-order valence-corrected chi connectivity index (χ1v) is 10.8. The SMILES string of the molecule is CCN(Cc1nc2c([nH]1)c(N)nc1cc(-c3ccsc3)ccc12)C(=O)OC(C)(C)C. The number of imidazole rings is 1. The normalized spacial score (nSPS) is 11.9. The molecule has 0 saturated heterocycles. The minimum atomic E-state index is -0.552. The number of fused-ring (bicyclic) bond motifs is 3. The average molecular weight is 424 g/mol. The van der Waals surface area contributed by atoms with Crippen molar-refractivity contribution < 1.29 is 9.53 Å². The summed E-state index contributed by atoms with van der Waals surface area (Å²) < 4.78 is 5.49. The number of nitrogens with two attached hydrogens (primary N) is 1. The molecule has 0 unspecified atom stereocenters. The number of hydrogen-bond donors (Lipinski definition) is 2. The molecular weight excluding hydrogens is 398 g/mol. The molecule has 7 nitrogen and oxygen atoms in total. The second kappa shape index (κ2) is 7.60. The molecule has 4 aromatic rings. The number of hydrogen-bond acceptors (Lipinski definition) is 6. The van der Waals surface area contributed by atoms with Gasteiger partial charge in [-0.05, 0) is 67.8 Å². The van der Waals surface area contributed by atoms with E-state index >= 15 is 0 Å². The number of thiophene rings is 1. The highest BCUT2D eigenvalue weighted by Crippen LogP contribution is 2.31. The first kappa shape index (κ1) is 20.2. The van der Waals surface area contributed by atoms with Gasteiger partial charge in [0.25, 0.3) is 0 Å². The minimum absolute atomic E-state index is 0.300. The number of rotatable bonds is 4. The first-order valence-electron chi connectivity index (χ1n) is 9.83. The van der Waals surface area contributed by atoms with E-state index in [0.717, 1.165) is 27.5 Å². The van der Waals surface area contributed by atoms with Crippen LogP contribution in [0.2, 0.25) is 0 Å². The van der Waals surface area contributed by atoms with Gasteiger partial charge in [-0.2, -0.15) is 11.3 Å². The average Bonchev–Trinajstić information content (AvgIpc) is 3.34. The van der Waals surface area contributed by atoms with E-state index < -0.39 is 5.60 Å². The highest BCUT2D eigenvalue weighted by Gasteiger charge is 2.22. The van der Waals surface area contributed by atoms with Gasteiger partial charge in [0.05, 0.1) is 12.1 Å². The van der Waals surface area contributed by atoms with Gasteiger partial charge in [0.2, 0.25) is 0 Å². The van der Waals surface area contributed by atoms with Crippen molar-refractivity contribution >= 4 is 45.2 Å². The van der Waals surface area contributed by atoms with Crippen LogP contribution in [0.1, 0.15) is 33.5 Å². The smallest absolute Gasteiger partial charge is 0.410 e. The van der Waals surface area contributed by atoms with Gasteiger partial charge < -0.3 is 20.4 Å². The lowest BCUT2D eigenvalue weighted by Gasteiger charge is -2.25. The Morgan fingerprint density at radius 1 is 1.23 bits per heavy atom. The number of carbonyl (C=O) groups excluding carboxylic acids is 1. The van der Waals surface area contributed by atoms with Crippen LogP contribution < -0.4 is 5.73 Å². The van der Waals surface area contributed by atoms with E-state index in [4.69, 9.17) is 15.5 Å². The Labute approximate surface area is 178 Å². The summed E-state index contributed by atoms with van der Waals surface area (Å²) in [5.74, 6) is 1.03. The molecule has 3 aromatic heterocycles. The summed E-state index contributed by atoms with van der Waals surface area (Å²) in [5.41, 5.74) is 10.1. The van der Waals surface area contributed by atoms with Crippen molar-refractivity contribution in [3.8, 4) is 11.1 Å². The Kier molecular flexibility index (Phi) is 5.11. The van der Waals surface area contributed by atoms with E-state index in [1.165, 1.54) is 0 Å². The highest BCUT2D eigenvalue weighted by molar-refractivity contribution is 7.08. The molecule has 0 aliphatic rings. The van der Waals surface area contributed by atoms with Crippen molar-refractivity contribution in [1.82, 2.24) is 19.9 Å². The number of benzene rings is 1. The van der Waals surface area contributed by atoms with E-state index in [1.54, 1.807) is 16.2 Å². The second-order valence-electron chi connectivity index (χ2n) is 8.14. The molecule has 0 bridgehead atoms. The summed E-state index contributed by atoms with van der Waals surface area (Å²) in [6.45, 7) is 8.26. The monoisotopic (exact) mass is 423 g/mol. The van der Waals surface area contributed by atoms with E-state index in [2.05, 4.69) is 32.9 Å². The topological polar surface area (TPSA) is 97.1 Å². The summed E-state index contributed by atoms with van der Waals surface area (Å²) in [6, 6.07) is 8.19. The molecule has 3 N–H and O–H groups in total. The Hall–Kier alpha value is -3.13. The molecule has 0 aliphatic carbocycles. The highest BCUT2D eigenvalue weighted by atomic mass is 32.1. The third-order valence-corrected chi connectivity index (χ3v) is 5.41. The number of pyridine rings is 1. The van der Waals surface area contributed by atoms with Crippen LogP contribution in [-0.4, -0.2) is 38.1 Å². The predicted molar refractivity (Wildman–Crippen MR) is 121 cm³/mol. The van der Waals surface area contributed by atoms with Crippen LogP contribution in [0.3, 0.4) is 0 Å². The van der Waals surface area contributed by atoms with Crippen LogP contribution in [-0.2, 0) is 11.3 Å². The number of ether oxygens (including phenoxy) is 1. The fourth-order valence-electron chi connectivity index (χ4n) is 3.31. The lowest BCUT2D eigenvalue weighted by molar-refractivity contribution is 0.0240. The lowest BCUT2D eigenvalue weighted by atomic mass is 10.1. The molecule has 8 heteroatoms. The summed E-state index contributed by atoms with van der Waals surface area (Å²) in [5, 5.41) is 5.07. The first-order chi connectivity index (χ1) is 14.2. The van der Waals surface area contributed by atoms with Gasteiger partial charge in [0, 0.05) is 11.9 Å². The van der Waals surface area contributed by atoms with E-state index in [1.807, 2.05) is 39.8 Å². The van der Waals surface area contributed by atoms with Crippen molar-refractivity contribution in [3.63, 3.8) is 0 Å². The molecule has 0 aliphatic heterocycles. The number of aromatic nitrogens is 3. The van der Waals surface area contributed by atoms with Crippen molar-refractivity contribution in [2.45, 2.75) is 39.8 Å². The maximum atomic E-state index is 12.5. The van der Waals surface area contributed by atoms with Crippen LogP contribution >= 0.6 is 11.3 Å². The van der Waals surface area contributed by atoms with Crippen LogP contribution in [0, 0.1) is 0 Å². The maximum Gasteiger partial charge on any atom is 0.410 e. The number of aromatic amines is 1. The lowest BCUT2D eigenvalue weighted by Crippen LogP contribution is -2.36. The molecule has 0 fully saturated rings. The number of amides is 1. The van der Waals surface area contributed by atoms with E-state index in [9.17, 15) is 4.79 Å². The number of carbonyl (C=O) groups is 1. The van der Waals surface area contributed by atoms with Gasteiger partial charge in [-0.1, -0.05) is 6.07 Å². The summed E-state index contributed by atoms with van der Waals surface area (Å²) in [4.78, 5) is 26.6. The Balaban J connectivity index is 1.70. The summed E-state index contributed by atoms with van der Waals surface area (Å²) in [7, 11) is 0. The number of nitrogens with one attached hydrogen (secondary N) is 1. The Morgan fingerprint density at radius 3 is 2.70 bits per heavy atom. The standard InChI is InChI=1S/C22H25N5O2S/c1-5-27(21(28)29-22(2,3)4)11-17-25-18-15-7-6-13(14-8-9-30-12-14)10-16(15)24-20(23)19(18)26-17/h6-10,12H,5,11H2,1-4H3,(H2,23,24)(H,25,26). The van der Waals surface area contributed by atoms with Crippen molar-refractivity contribution in [3.05, 3.63) is 40.8 Å². The van der Waals surface area contributed by atoms with Gasteiger partial charge in [-0.3, -0.25) is 0 Å². The third-order valence-electron chi connectivity index (χ3n) is 4.73. The van der Waals surface area contributed by atoms with Gasteiger partial charge in [-0.25, -0.2) is 14.8 Å².